The van der Waals surface area contributed by atoms with E-state index in [0.29, 0.717) is 0 Å². The standard InChI is InChI=1S/C10H14.C2H6/c1-4-10-6-5-8(2)7-9(10)3;1-2/h5-7H,4H2,1-3H3;1-2H3. The van der Waals surface area contributed by atoms with Crippen molar-refractivity contribution in [1.29, 1.82) is 0 Å². The Kier molecular flexibility index (Phi) is 5.44. The highest BCUT2D eigenvalue weighted by Crippen LogP contribution is 2.10. The monoisotopic (exact) mass is 164 g/mol. The van der Waals surface area contributed by atoms with Crippen molar-refractivity contribution < 1.29 is 0 Å². The van der Waals surface area contributed by atoms with E-state index in [1.54, 1.807) is 0 Å². The van der Waals surface area contributed by atoms with Gasteiger partial charge in [-0.2, -0.15) is 0 Å². The van der Waals surface area contributed by atoms with E-state index < -0.39 is 0 Å². The van der Waals surface area contributed by atoms with Gasteiger partial charge in [0.15, 0.2) is 0 Å². The molecule has 0 radical (unpaired) electrons. The summed E-state index contributed by atoms with van der Waals surface area (Å²) < 4.78 is 0. The van der Waals surface area contributed by atoms with Gasteiger partial charge < -0.3 is 0 Å². The summed E-state index contributed by atoms with van der Waals surface area (Å²) in [6.07, 6.45) is 1.14. The molecule has 0 unspecified atom stereocenters. The van der Waals surface area contributed by atoms with E-state index in [4.69, 9.17) is 0 Å². The van der Waals surface area contributed by atoms with E-state index in [2.05, 4.69) is 39.0 Å². The van der Waals surface area contributed by atoms with Crippen LogP contribution in [-0.4, -0.2) is 0 Å². The lowest BCUT2D eigenvalue weighted by Crippen LogP contribution is -1.85. The third-order valence-electron chi connectivity index (χ3n) is 1.88. The summed E-state index contributed by atoms with van der Waals surface area (Å²) in [5.74, 6) is 0. The minimum absolute atomic E-state index is 1.14. The summed E-state index contributed by atoms with van der Waals surface area (Å²) in [6, 6.07) is 6.62. The topological polar surface area (TPSA) is 0 Å². The first-order valence-electron chi connectivity index (χ1n) is 4.80. The maximum absolute atomic E-state index is 2.23. The molecule has 12 heavy (non-hydrogen) atoms. The van der Waals surface area contributed by atoms with Gasteiger partial charge in [0.2, 0.25) is 0 Å². The zero-order valence-electron chi connectivity index (χ0n) is 8.94. The molecule has 0 aliphatic carbocycles. The molecule has 0 saturated carbocycles. The molecule has 0 N–H and O–H groups in total. The Morgan fingerprint density at radius 1 is 1.08 bits per heavy atom. The molecule has 0 aliphatic heterocycles. The van der Waals surface area contributed by atoms with Gasteiger partial charge in [-0.1, -0.05) is 44.5 Å². The van der Waals surface area contributed by atoms with E-state index in [9.17, 15) is 0 Å². The van der Waals surface area contributed by atoms with Crippen LogP contribution in [0.25, 0.3) is 0 Å². The highest BCUT2D eigenvalue weighted by molar-refractivity contribution is 5.30. The van der Waals surface area contributed by atoms with Crippen LogP contribution < -0.4 is 0 Å². The summed E-state index contributed by atoms with van der Waals surface area (Å²) >= 11 is 0. The maximum atomic E-state index is 2.23. The molecular formula is C12H20. The van der Waals surface area contributed by atoms with Crippen molar-refractivity contribution in [1.82, 2.24) is 0 Å². The zero-order valence-corrected chi connectivity index (χ0v) is 8.94. The van der Waals surface area contributed by atoms with E-state index in [1.165, 1.54) is 16.7 Å². The van der Waals surface area contributed by atoms with Crippen molar-refractivity contribution in [2.75, 3.05) is 0 Å². The predicted octanol–water partition coefficient (Wildman–Crippen LogP) is 3.89. The minimum atomic E-state index is 1.14. The predicted molar refractivity (Wildman–Crippen MR) is 56.6 cm³/mol. The van der Waals surface area contributed by atoms with Crippen LogP contribution in [0.5, 0.6) is 0 Å². The lowest BCUT2D eigenvalue weighted by Gasteiger charge is -2.02. The van der Waals surface area contributed by atoms with Gasteiger partial charge in [-0.15, -0.1) is 0 Å². The molecule has 0 spiro atoms. The fourth-order valence-corrected chi connectivity index (χ4v) is 1.24. The van der Waals surface area contributed by atoms with Crippen molar-refractivity contribution in [2.24, 2.45) is 0 Å². The molecule has 0 aliphatic rings. The first-order chi connectivity index (χ1) is 5.74. The molecule has 0 nitrogen and oxygen atoms in total. The quantitative estimate of drug-likeness (QED) is 0.590. The van der Waals surface area contributed by atoms with Crippen LogP contribution in [0.4, 0.5) is 0 Å². The first kappa shape index (κ1) is 11.2. The number of aryl methyl sites for hydroxylation is 3. The summed E-state index contributed by atoms with van der Waals surface area (Å²) in [4.78, 5) is 0. The average Bonchev–Trinajstić information content (AvgIpc) is 2.08. The zero-order chi connectivity index (χ0) is 9.56. The number of hydrogen-bond donors (Lipinski definition) is 0. The molecular weight excluding hydrogens is 144 g/mol. The van der Waals surface area contributed by atoms with Gasteiger partial charge in [-0.25, -0.2) is 0 Å². The smallest absolute Gasteiger partial charge is 0.0305 e. The molecule has 1 rings (SSSR count). The number of hydrogen-bond acceptors (Lipinski definition) is 0. The highest BCUT2D eigenvalue weighted by atomic mass is 14.0. The SMILES string of the molecule is CC.CCc1ccc(C)cc1C. The summed E-state index contributed by atoms with van der Waals surface area (Å²) in [6.45, 7) is 10.5. The molecule has 0 aromatic heterocycles. The first-order valence-corrected chi connectivity index (χ1v) is 4.80. The van der Waals surface area contributed by atoms with Crippen LogP contribution in [0.1, 0.15) is 37.5 Å². The summed E-state index contributed by atoms with van der Waals surface area (Å²) in [5, 5.41) is 0. The van der Waals surface area contributed by atoms with Gasteiger partial charge in [0.25, 0.3) is 0 Å². The Bertz CT molecular complexity index is 223. The Morgan fingerprint density at radius 3 is 2.08 bits per heavy atom. The number of benzene rings is 1. The second kappa shape index (κ2) is 5.82. The Hall–Kier alpha value is -0.780. The molecule has 0 saturated heterocycles. The van der Waals surface area contributed by atoms with Crippen LogP contribution in [0, 0.1) is 13.8 Å². The normalized spacial score (nSPS) is 8.75. The maximum Gasteiger partial charge on any atom is -0.0305 e. The van der Waals surface area contributed by atoms with Gasteiger partial charge in [0.05, 0.1) is 0 Å². The van der Waals surface area contributed by atoms with Crippen LogP contribution in [0.2, 0.25) is 0 Å². The van der Waals surface area contributed by atoms with Gasteiger partial charge in [-0.3, -0.25) is 0 Å². The summed E-state index contributed by atoms with van der Waals surface area (Å²) in [5.41, 5.74) is 4.24. The van der Waals surface area contributed by atoms with Crippen LogP contribution in [0.15, 0.2) is 18.2 Å². The van der Waals surface area contributed by atoms with Crippen LogP contribution in [-0.2, 0) is 6.42 Å². The Morgan fingerprint density at radius 2 is 1.67 bits per heavy atom. The molecule has 1 aromatic rings. The molecule has 0 heteroatoms. The van der Waals surface area contributed by atoms with Crippen molar-refractivity contribution in [2.45, 2.75) is 41.0 Å². The fourth-order valence-electron chi connectivity index (χ4n) is 1.24. The van der Waals surface area contributed by atoms with Crippen LogP contribution in [0.3, 0.4) is 0 Å². The van der Waals surface area contributed by atoms with Gasteiger partial charge in [0, 0.05) is 0 Å². The second-order valence-electron chi connectivity index (χ2n) is 2.78. The Balaban J connectivity index is 0.000000561. The second-order valence-corrected chi connectivity index (χ2v) is 2.78. The van der Waals surface area contributed by atoms with E-state index in [0.717, 1.165) is 6.42 Å². The largest absolute Gasteiger partial charge is 0.0683 e. The fraction of sp³-hybridized carbons (Fsp3) is 0.500. The van der Waals surface area contributed by atoms with Crippen LogP contribution >= 0.6 is 0 Å². The molecule has 0 bridgehead atoms. The minimum Gasteiger partial charge on any atom is -0.0683 e. The molecule has 1 aromatic carbocycles. The average molecular weight is 164 g/mol. The number of rotatable bonds is 1. The van der Waals surface area contributed by atoms with Crippen molar-refractivity contribution in [3.8, 4) is 0 Å². The molecule has 68 valence electrons. The van der Waals surface area contributed by atoms with Crippen molar-refractivity contribution in [3.05, 3.63) is 34.9 Å². The van der Waals surface area contributed by atoms with Crippen molar-refractivity contribution in [3.63, 3.8) is 0 Å². The molecule has 0 heterocycles. The van der Waals surface area contributed by atoms with Gasteiger partial charge in [-0.05, 0) is 31.4 Å². The molecule has 0 amide bonds. The van der Waals surface area contributed by atoms with Crippen molar-refractivity contribution >= 4 is 0 Å². The lowest BCUT2D eigenvalue weighted by atomic mass is 10.0. The van der Waals surface area contributed by atoms with E-state index in [1.807, 2.05) is 13.8 Å². The van der Waals surface area contributed by atoms with E-state index in [-0.39, 0.29) is 0 Å². The third kappa shape index (κ3) is 3.08. The highest BCUT2D eigenvalue weighted by Gasteiger charge is 1.93. The van der Waals surface area contributed by atoms with Gasteiger partial charge in [0.1, 0.15) is 0 Å². The van der Waals surface area contributed by atoms with Gasteiger partial charge >= 0.3 is 0 Å². The lowest BCUT2D eigenvalue weighted by molar-refractivity contribution is 1.10. The third-order valence-corrected chi connectivity index (χ3v) is 1.88. The summed E-state index contributed by atoms with van der Waals surface area (Å²) in [7, 11) is 0. The molecule has 0 atom stereocenters. The Labute approximate surface area is 76.6 Å². The molecule has 0 fully saturated rings. The van der Waals surface area contributed by atoms with E-state index >= 15 is 0 Å².